The van der Waals surface area contributed by atoms with E-state index in [1.54, 1.807) is 0 Å². The zero-order valence-corrected chi connectivity index (χ0v) is 20.8. The van der Waals surface area contributed by atoms with E-state index in [-0.39, 0.29) is 11.8 Å². The number of nitrogens with zero attached hydrogens (tertiary/aromatic N) is 3. The molecule has 2 aromatic carbocycles. The topological polar surface area (TPSA) is 40.5 Å². The summed E-state index contributed by atoms with van der Waals surface area (Å²) in [6.07, 6.45) is 6.17. The van der Waals surface area contributed by atoms with Crippen molar-refractivity contribution >= 4 is 28.4 Å². The Hall–Kier alpha value is -2.34. The maximum Gasteiger partial charge on any atom is 0.223 e. The number of carbonyl (C=O) groups is 1. The highest BCUT2D eigenvalue weighted by molar-refractivity contribution is 6.31. The third-order valence-electron chi connectivity index (χ3n) is 7.57. The Morgan fingerprint density at radius 1 is 0.941 bits per heavy atom. The van der Waals surface area contributed by atoms with E-state index >= 15 is 0 Å². The molecule has 34 heavy (non-hydrogen) atoms. The minimum Gasteiger partial charge on any atom is -0.353 e. The molecule has 2 aliphatic heterocycles. The van der Waals surface area contributed by atoms with Gasteiger partial charge in [0.15, 0.2) is 0 Å². The van der Waals surface area contributed by atoms with E-state index in [0.29, 0.717) is 6.04 Å². The van der Waals surface area contributed by atoms with Gasteiger partial charge in [0.05, 0.1) is 0 Å². The lowest BCUT2D eigenvalue weighted by Gasteiger charge is -2.35. The minimum atomic E-state index is 0.139. The first-order valence-electron chi connectivity index (χ1n) is 12.6. The number of fused-ring (bicyclic) bond motifs is 1. The van der Waals surface area contributed by atoms with Gasteiger partial charge in [0.25, 0.3) is 0 Å². The van der Waals surface area contributed by atoms with Gasteiger partial charge >= 0.3 is 0 Å². The number of halogens is 1. The van der Waals surface area contributed by atoms with Crippen LogP contribution in [0.3, 0.4) is 0 Å². The summed E-state index contributed by atoms with van der Waals surface area (Å²) in [6.45, 7) is 5.94. The molecule has 6 heteroatoms. The van der Waals surface area contributed by atoms with Gasteiger partial charge < -0.3 is 9.88 Å². The van der Waals surface area contributed by atoms with Crippen LogP contribution in [0.25, 0.3) is 10.9 Å². The van der Waals surface area contributed by atoms with Crippen LogP contribution in [0, 0.1) is 5.92 Å². The molecule has 0 saturated carbocycles. The largest absolute Gasteiger partial charge is 0.353 e. The second-order valence-corrected chi connectivity index (χ2v) is 10.5. The molecule has 1 N–H and O–H groups in total. The average Bonchev–Trinajstić information content (AvgIpc) is 3.15. The van der Waals surface area contributed by atoms with E-state index in [1.807, 2.05) is 6.07 Å². The monoisotopic (exact) mass is 478 g/mol. The molecule has 5 rings (SSSR count). The van der Waals surface area contributed by atoms with Crippen molar-refractivity contribution in [2.24, 2.45) is 13.0 Å². The van der Waals surface area contributed by atoms with Gasteiger partial charge in [-0.15, -0.1) is 0 Å². The van der Waals surface area contributed by atoms with Crippen molar-refractivity contribution in [2.45, 2.75) is 44.8 Å². The SMILES string of the molecule is Cn1cc(CN2CCC(C(=O)NC3CCN(Cc4ccccc4)CC3)CC2)c2cc(Cl)ccc21. The standard InChI is InChI=1S/C28H35ClN4O/c1-31-19-23(26-17-24(29)7-8-27(26)31)20-33-13-9-22(10-14-33)28(34)30-25-11-15-32(16-12-25)18-21-5-3-2-4-6-21/h2-8,17,19,22,25H,9-16,18,20H2,1H3,(H,30,34). The van der Waals surface area contributed by atoms with E-state index < -0.39 is 0 Å². The molecule has 1 aromatic heterocycles. The van der Waals surface area contributed by atoms with Gasteiger partial charge in [-0.25, -0.2) is 0 Å². The quantitative estimate of drug-likeness (QED) is 0.552. The number of hydrogen-bond acceptors (Lipinski definition) is 3. The summed E-state index contributed by atoms with van der Waals surface area (Å²) in [7, 11) is 2.09. The molecule has 3 aromatic rings. The fourth-order valence-electron chi connectivity index (χ4n) is 5.56. The van der Waals surface area contributed by atoms with E-state index in [1.165, 1.54) is 22.0 Å². The molecule has 0 spiro atoms. The lowest BCUT2D eigenvalue weighted by atomic mass is 9.94. The van der Waals surface area contributed by atoms with Gasteiger partial charge in [0.2, 0.25) is 5.91 Å². The fourth-order valence-corrected chi connectivity index (χ4v) is 5.73. The van der Waals surface area contributed by atoms with E-state index in [9.17, 15) is 4.79 Å². The second-order valence-electron chi connectivity index (χ2n) is 10.0. The van der Waals surface area contributed by atoms with Gasteiger partial charge in [-0.1, -0.05) is 41.9 Å². The van der Waals surface area contributed by atoms with Crippen LogP contribution in [0.5, 0.6) is 0 Å². The summed E-state index contributed by atoms with van der Waals surface area (Å²) in [5.74, 6) is 0.402. The molecule has 2 saturated heterocycles. The summed E-state index contributed by atoms with van der Waals surface area (Å²) in [6, 6.07) is 17.1. The summed E-state index contributed by atoms with van der Waals surface area (Å²) in [5.41, 5.74) is 3.89. The lowest BCUT2D eigenvalue weighted by Crippen LogP contribution is -2.47. The predicted octanol–water partition coefficient (Wildman–Crippen LogP) is 4.82. The van der Waals surface area contributed by atoms with Crippen molar-refractivity contribution < 1.29 is 4.79 Å². The maximum absolute atomic E-state index is 13.0. The summed E-state index contributed by atoms with van der Waals surface area (Å²) < 4.78 is 2.17. The van der Waals surface area contributed by atoms with Crippen molar-refractivity contribution in [3.63, 3.8) is 0 Å². The molecule has 2 aliphatic rings. The highest BCUT2D eigenvalue weighted by Crippen LogP contribution is 2.27. The van der Waals surface area contributed by atoms with Crippen LogP contribution >= 0.6 is 11.6 Å². The van der Waals surface area contributed by atoms with Gasteiger partial charge in [-0.05, 0) is 68.1 Å². The van der Waals surface area contributed by atoms with Crippen molar-refractivity contribution in [1.82, 2.24) is 19.7 Å². The zero-order valence-electron chi connectivity index (χ0n) is 20.0. The maximum atomic E-state index is 13.0. The van der Waals surface area contributed by atoms with Crippen LogP contribution in [0.2, 0.25) is 5.02 Å². The molecule has 1 amide bonds. The number of aryl methyl sites for hydroxylation is 1. The Balaban J connectivity index is 1.07. The third kappa shape index (κ3) is 5.48. The number of hydrogen-bond donors (Lipinski definition) is 1. The highest BCUT2D eigenvalue weighted by Gasteiger charge is 2.28. The molecule has 3 heterocycles. The number of benzene rings is 2. The van der Waals surface area contributed by atoms with Crippen molar-refractivity contribution in [1.29, 1.82) is 0 Å². The number of amides is 1. The number of rotatable bonds is 6. The Labute approximate surface area is 207 Å². The fraction of sp³-hybridized carbons (Fsp3) is 0.464. The molecule has 0 aliphatic carbocycles. The Kier molecular flexibility index (Phi) is 7.23. The predicted molar refractivity (Wildman–Crippen MR) is 139 cm³/mol. The lowest BCUT2D eigenvalue weighted by molar-refractivity contribution is -0.127. The molecule has 0 atom stereocenters. The minimum absolute atomic E-state index is 0.139. The molecular formula is C28H35ClN4O. The van der Waals surface area contributed by atoms with Crippen LogP contribution in [0.15, 0.2) is 54.7 Å². The Bertz CT molecular complexity index is 1110. The third-order valence-corrected chi connectivity index (χ3v) is 7.80. The summed E-state index contributed by atoms with van der Waals surface area (Å²) in [5, 5.41) is 5.38. The zero-order chi connectivity index (χ0) is 23.5. The van der Waals surface area contributed by atoms with Gasteiger partial charge in [0.1, 0.15) is 0 Å². The number of nitrogens with one attached hydrogen (secondary N) is 1. The van der Waals surface area contributed by atoms with Gasteiger partial charge in [-0.2, -0.15) is 0 Å². The van der Waals surface area contributed by atoms with Crippen molar-refractivity contribution in [3.05, 3.63) is 70.9 Å². The first kappa shape index (κ1) is 23.4. The second kappa shape index (κ2) is 10.5. The van der Waals surface area contributed by atoms with Crippen LogP contribution in [-0.4, -0.2) is 52.5 Å². The molecule has 0 unspecified atom stereocenters. The summed E-state index contributed by atoms with van der Waals surface area (Å²) in [4.78, 5) is 17.9. The molecule has 5 nitrogen and oxygen atoms in total. The van der Waals surface area contributed by atoms with E-state index in [2.05, 4.69) is 75.4 Å². The van der Waals surface area contributed by atoms with Crippen LogP contribution in [0.4, 0.5) is 0 Å². The van der Waals surface area contributed by atoms with E-state index in [0.717, 1.165) is 70.0 Å². The first-order chi connectivity index (χ1) is 16.5. The van der Waals surface area contributed by atoms with Crippen LogP contribution in [-0.2, 0) is 24.9 Å². The van der Waals surface area contributed by atoms with Gasteiger partial charge in [-0.3, -0.25) is 14.6 Å². The Morgan fingerprint density at radius 2 is 1.62 bits per heavy atom. The van der Waals surface area contributed by atoms with Crippen LogP contribution in [0.1, 0.15) is 36.8 Å². The number of carbonyl (C=O) groups excluding carboxylic acids is 1. The smallest absolute Gasteiger partial charge is 0.223 e. The molecule has 0 bridgehead atoms. The number of likely N-dealkylation sites (tertiary alicyclic amines) is 2. The average molecular weight is 479 g/mol. The van der Waals surface area contributed by atoms with Crippen molar-refractivity contribution in [3.8, 4) is 0 Å². The van der Waals surface area contributed by atoms with Gasteiger partial charge in [0, 0.05) is 67.3 Å². The normalized spacial score (nSPS) is 19.0. The number of aromatic nitrogens is 1. The van der Waals surface area contributed by atoms with Crippen molar-refractivity contribution in [2.75, 3.05) is 26.2 Å². The number of piperidine rings is 2. The molecule has 2 fully saturated rings. The molecule has 0 radical (unpaired) electrons. The van der Waals surface area contributed by atoms with E-state index in [4.69, 9.17) is 11.6 Å². The highest BCUT2D eigenvalue weighted by atomic mass is 35.5. The molecular weight excluding hydrogens is 444 g/mol. The van der Waals surface area contributed by atoms with Crippen LogP contribution < -0.4 is 5.32 Å². The molecule has 180 valence electrons. The Morgan fingerprint density at radius 3 is 2.35 bits per heavy atom. The first-order valence-corrected chi connectivity index (χ1v) is 13.0. The summed E-state index contributed by atoms with van der Waals surface area (Å²) >= 11 is 6.25.